The van der Waals surface area contributed by atoms with Gasteiger partial charge in [0.05, 0.1) is 17.5 Å². The van der Waals surface area contributed by atoms with Gasteiger partial charge in [0.1, 0.15) is 0 Å². The molecule has 29 heavy (non-hydrogen) atoms. The fourth-order valence-electron chi connectivity index (χ4n) is 4.14. The van der Waals surface area contributed by atoms with Crippen LogP contribution in [-0.4, -0.2) is 40.3 Å². The molecule has 0 bridgehead atoms. The summed E-state index contributed by atoms with van der Waals surface area (Å²) in [5.74, 6) is -0.160. The minimum atomic E-state index is -3.31. The summed E-state index contributed by atoms with van der Waals surface area (Å²) in [6.45, 7) is 1.58. The fraction of sp³-hybridized carbons (Fsp3) is 0.381. The lowest BCUT2D eigenvalue weighted by atomic mass is 9.82. The molecule has 2 aliphatic heterocycles. The Balaban J connectivity index is 1.62. The first kappa shape index (κ1) is 20.4. The summed E-state index contributed by atoms with van der Waals surface area (Å²) in [5, 5.41) is 3.25. The minimum Gasteiger partial charge on any atom is -0.381 e. The average molecular weight is 479 g/mol. The fourth-order valence-corrected chi connectivity index (χ4v) is 5.50. The van der Waals surface area contributed by atoms with Gasteiger partial charge >= 0.3 is 0 Å². The number of hydrogen-bond acceptors (Lipinski definition) is 4. The molecule has 0 saturated carbocycles. The number of carbonyl (C=O) groups excluding carboxylic acids is 1. The van der Waals surface area contributed by atoms with E-state index < -0.39 is 15.6 Å². The van der Waals surface area contributed by atoms with Gasteiger partial charge in [-0.2, -0.15) is 0 Å². The van der Waals surface area contributed by atoms with E-state index >= 15 is 0 Å². The monoisotopic (exact) mass is 478 g/mol. The largest absolute Gasteiger partial charge is 0.381 e. The zero-order valence-electron chi connectivity index (χ0n) is 16.2. The van der Waals surface area contributed by atoms with Crippen molar-refractivity contribution in [3.8, 4) is 0 Å². The Morgan fingerprint density at radius 1 is 1.17 bits per heavy atom. The van der Waals surface area contributed by atoms with E-state index in [4.69, 9.17) is 4.74 Å². The molecule has 8 heteroatoms. The van der Waals surface area contributed by atoms with E-state index in [1.807, 2.05) is 30.3 Å². The molecule has 1 fully saturated rings. The van der Waals surface area contributed by atoms with E-state index in [-0.39, 0.29) is 5.91 Å². The molecule has 2 aliphatic rings. The Morgan fingerprint density at radius 3 is 2.62 bits per heavy atom. The van der Waals surface area contributed by atoms with Crippen LogP contribution in [0.3, 0.4) is 0 Å². The van der Waals surface area contributed by atoms with E-state index in [0.29, 0.717) is 50.3 Å². The van der Waals surface area contributed by atoms with Crippen molar-refractivity contribution in [2.75, 3.05) is 30.3 Å². The summed E-state index contributed by atoms with van der Waals surface area (Å²) in [5.41, 5.74) is 2.65. The van der Waals surface area contributed by atoms with E-state index in [1.165, 1.54) is 10.6 Å². The van der Waals surface area contributed by atoms with Crippen LogP contribution in [0.25, 0.3) is 0 Å². The summed E-state index contributed by atoms with van der Waals surface area (Å²) in [6, 6.07) is 13.2. The predicted molar refractivity (Wildman–Crippen MR) is 116 cm³/mol. The summed E-state index contributed by atoms with van der Waals surface area (Å²) in [6.07, 6.45) is 3.20. The highest BCUT2D eigenvalue weighted by atomic mass is 79.9. The van der Waals surface area contributed by atoms with Crippen LogP contribution >= 0.6 is 15.9 Å². The van der Waals surface area contributed by atoms with Gasteiger partial charge in [0.2, 0.25) is 10.0 Å². The third-order valence-electron chi connectivity index (χ3n) is 5.67. The van der Waals surface area contributed by atoms with Crippen LogP contribution in [-0.2, 0) is 26.7 Å². The molecule has 2 aromatic rings. The SMILES string of the molecule is CS(=O)(=O)N1CCc2cc(C(=O)NC3(c4cccc(Br)c4)CCOCC3)ccc21. The van der Waals surface area contributed by atoms with E-state index in [2.05, 4.69) is 21.2 Å². The first-order chi connectivity index (χ1) is 13.8. The molecule has 0 aliphatic carbocycles. The maximum Gasteiger partial charge on any atom is 0.251 e. The van der Waals surface area contributed by atoms with Gasteiger partial charge in [-0.05, 0) is 60.7 Å². The number of anilines is 1. The van der Waals surface area contributed by atoms with Crippen LogP contribution in [0.2, 0.25) is 0 Å². The highest BCUT2D eigenvalue weighted by molar-refractivity contribution is 9.10. The molecule has 0 spiro atoms. The maximum atomic E-state index is 13.2. The van der Waals surface area contributed by atoms with E-state index in [1.54, 1.807) is 12.1 Å². The number of fused-ring (bicyclic) bond motifs is 1. The van der Waals surface area contributed by atoms with Crippen molar-refractivity contribution in [2.45, 2.75) is 24.8 Å². The van der Waals surface area contributed by atoms with Crippen LogP contribution in [0.4, 0.5) is 5.69 Å². The van der Waals surface area contributed by atoms with E-state index in [9.17, 15) is 13.2 Å². The highest BCUT2D eigenvalue weighted by Gasteiger charge is 2.36. The number of sulfonamides is 1. The zero-order valence-corrected chi connectivity index (χ0v) is 18.6. The van der Waals surface area contributed by atoms with Crippen LogP contribution in [0.15, 0.2) is 46.9 Å². The molecule has 0 atom stereocenters. The van der Waals surface area contributed by atoms with Crippen LogP contribution in [0, 0.1) is 0 Å². The predicted octanol–water partition coefficient (Wildman–Crippen LogP) is 3.21. The first-order valence-corrected chi connectivity index (χ1v) is 12.2. The lowest BCUT2D eigenvalue weighted by Crippen LogP contribution is -2.49. The van der Waals surface area contributed by atoms with Crippen molar-refractivity contribution < 1.29 is 17.9 Å². The van der Waals surface area contributed by atoms with Gasteiger partial charge < -0.3 is 10.1 Å². The Hall–Kier alpha value is -1.90. The zero-order chi connectivity index (χ0) is 20.6. The minimum absolute atomic E-state index is 0.160. The lowest BCUT2D eigenvalue weighted by Gasteiger charge is -2.38. The molecule has 2 aromatic carbocycles. The summed E-state index contributed by atoms with van der Waals surface area (Å²) in [4.78, 5) is 13.2. The number of halogens is 1. The smallest absolute Gasteiger partial charge is 0.251 e. The molecule has 0 radical (unpaired) electrons. The van der Waals surface area contributed by atoms with Crippen LogP contribution < -0.4 is 9.62 Å². The molecular formula is C21H23BrN2O4S. The van der Waals surface area contributed by atoms with Gasteiger partial charge in [0.25, 0.3) is 5.91 Å². The second-order valence-corrected chi connectivity index (χ2v) is 10.4. The summed E-state index contributed by atoms with van der Waals surface area (Å²) in [7, 11) is -3.31. The lowest BCUT2D eigenvalue weighted by molar-refractivity contribution is 0.0345. The second kappa shape index (κ2) is 7.74. The van der Waals surface area contributed by atoms with Crippen molar-refractivity contribution >= 4 is 37.5 Å². The summed E-state index contributed by atoms with van der Waals surface area (Å²) < 4.78 is 31.8. The number of rotatable bonds is 4. The Kier molecular flexibility index (Phi) is 5.44. The quantitative estimate of drug-likeness (QED) is 0.731. The Morgan fingerprint density at radius 2 is 1.93 bits per heavy atom. The molecule has 6 nitrogen and oxygen atoms in total. The summed E-state index contributed by atoms with van der Waals surface area (Å²) >= 11 is 3.52. The highest BCUT2D eigenvalue weighted by Crippen LogP contribution is 2.35. The first-order valence-electron chi connectivity index (χ1n) is 9.55. The standard InChI is InChI=1S/C21H23BrN2O4S/c1-29(26,27)24-10-7-15-13-16(5-6-19(15)24)20(25)23-21(8-11-28-12-9-21)17-3-2-4-18(22)14-17/h2-6,13-14H,7-12H2,1H3,(H,23,25). The van der Waals surface area contributed by atoms with Gasteiger partial charge in [-0.3, -0.25) is 9.10 Å². The number of benzene rings is 2. The number of ether oxygens (including phenoxy) is 1. The molecule has 2 heterocycles. The number of carbonyl (C=O) groups is 1. The van der Waals surface area contributed by atoms with Gasteiger partial charge in [0.15, 0.2) is 0 Å². The molecule has 0 aromatic heterocycles. The Bertz CT molecular complexity index is 1050. The number of nitrogens with zero attached hydrogens (tertiary/aromatic N) is 1. The van der Waals surface area contributed by atoms with Gasteiger partial charge in [0, 0.05) is 29.8 Å². The third kappa shape index (κ3) is 4.06. The second-order valence-electron chi connectivity index (χ2n) is 7.59. The molecule has 154 valence electrons. The topological polar surface area (TPSA) is 75.7 Å². The maximum absolute atomic E-state index is 13.2. The van der Waals surface area contributed by atoms with Crippen molar-refractivity contribution in [1.29, 1.82) is 0 Å². The normalized spacial score (nSPS) is 18.3. The molecule has 1 saturated heterocycles. The molecule has 1 N–H and O–H groups in total. The van der Waals surface area contributed by atoms with Gasteiger partial charge in [-0.1, -0.05) is 28.1 Å². The average Bonchev–Trinajstić information content (AvgIpc) is 3.12. The third-order valence-corrected chi connectivity index (χ3v) is 7.34. The molecule has 0 unspecified atom stereocenters. The van der Waals surface area contributed by atoms with Crippen molar-refractivity contribution in [2.24, 2.45) is 0 Å². The molecule has 4 rings (SSSR count). The van der Waals surface area contributed by atoms with Crippen molar-refractivity contribution in [3.05, 3.63) is 63.6 Å². The number of amides is 1. The van der Waals surface area contributed by atoms with Crippen LogP contribution in [0.5, 0.6) is 0 Å². The number of hydrogen-bond donors (Lipinski definition) is 1. The Labute approximate surface area is 179 Å². The van der Waals surface area contributed by atoms with Crippen molar-refractivity contribution in [1.82, 2.24) is 5.32 Å². The molecule has 1 amide bonds. The van der Waals surface area contributed by atoms with Gasteiger partial charge in [-0.25, -0.2) is 8.42 Å². The van der Waals surface area contributed by atoms with E-state index in [0.717, 1.165) is 15.6 Å². The van der Waals surface area contributed by atoms with Crippen LogP contribution in [0.1, 0.15) is 34.3 Å². The van der Waals surface area contributed by atoms with Gasteiger partial charge in [-0.15, -0.1) is 0 Å². The molecular weight excluding hydrogens is 456 g/mol. The number of nitrogens with one attached hydrogen (secondary N) is 1. The van der Waals surface area contributed by atoms with Crippen molar-refractivity contribution in [3.63, 3.8) is 0 Å².